The number of fused-ring (bicyclic) bond motifs is 1. The molecule has 0 unspecified atom stereocenters. The Morgan fingerprint density at radius 1 is 1.13 bits per heavy atom. The maximum atomic E-state index is 12.9. The van der Waals surface area contributed by atoms with Crippen molar-refractivity contribution in [2.24, 2.45) is 0 Å². The van der Waals surface area contributed by atoms with Gasteiger partial charge in [-0.1, -0.05) is 11.6 Å². The van der Waals surface area contributed by atoms with Crippen molar-refractivity contribution in [1.82, 2.24) is 4.98 Å². The summed E-state index contributed by atoms with van der Waals surface area (Å²) in [6.07, 6.45) is 4.92. The molecule has 7 heteroatoms. The first-order chi connectivity index (χ1) is 14.6. The summed E-state index contributed by atoms with van der Waals surface area (Å²) in [6, 6.07) is 15.9. The fraction of sp³-hybridized carbons (Fsp3) is 0.174. The summed E-state index contributed by atoms with van der Waals surface area (Å²) < 4.78 is 5.48. The predicted octanol–water partition coefficient (Wildman–Crippen LogP) is 4.35. The van der Waals surface area contributed by atoms with Crippen LogP contribution in [0.25, 0.3) is 0 Å². The van der Waals surface area contributed by atoms with Crippen LogP contribution in [-0.4, -0.2) is 29.9 Å². The van der Waals surface area contributed by atoms with Gasteiger partial charge in [-0.15, -0.1) is 0 Å². The zero-order chi connectivity index (χ0) is 20.9. The second-order valence-electron chi connectivity index (χ2n) is 6.94. The molecule has 0 bridgehead atoms. The van der Waals surface area contributed by atoms with Gasteiger partial charge in [-0.05, 0) is 73.0 Å². The quantitative estimate of drug-likeness (QED) is 0.665. The first-order valence-corrected chi connectivity index (χ1v) is 10.0. The highest BCUT2D eigenvalue weighted by molar-refractivity contribution is 6.30. The van der Waals surface area contributed by atoms with Crippen LogP contribution in [0.1, 0.15) is 22.3 Å². The van der Waals surface area contributed by atoms with Crippen LogP contribution < -0.4 is 15.0 Å². The highest BCUT2D eigenvalue weighted by Crippen LogP contribution is 2.30. The normalized spacial score (nSPS) is 12.8. The van der Waals surface area contributed by atoms with E-state index < -0.39 is 0 Å². The zero-order valence-electron chi connectivity index (χ0n) is 16.2. The van der Waals surface area contributed by atoms with Gasteiger partial charge >= 0.3 is 0 Å². The maximum absolute atomic E-state index is 12.9. The largest absolute Gasteiger partial charge is 0.484 e. The van der Waals surface area contributed by atoms with Crippen LogP contribution in [0.4, 0.5) is 11.4 Å². The highest BCUT2D eigenvalue weighted by atomic mass is 35.5. The van der Waals surface area contributed by atoms with E-state index in [4.69, 9.17) is 16.3 Å². The van der Waals surface area contributed by atoms with Crippen molar-refractivity contribution in [2.45, 2.75) is 12.8 Å². The number of aryl methyl sites for hydroxylation is 1. The Bertz CT molecular complexity index is 1060. The lowest BCUT2D eigenvalue weighted by atomic mass is 10.00. The molecule has 4 rings (SSSR count). The molecule has 0 atom stereocenters. The minimum absolute atomic E-state index is 0.0720. The highest BCUT2D eigenvalue weighted by Gasteiger charge is 2.24. The lowest BCUT2D eigenvalue weighted by molar-refractivity contribution is -0.118. The molecule has 0 fully saturated rings. The van der Waals surface area contributed by atoms with Gasteiger partial charge in [0, 0.05) is 35.3 Å². The van der Waals surface area contributed by atoms with Crippen LogP contribution in [0.15, 0.2) is 67.0 Å². The number of carbonyl (C=O) groups excluding carboxylic acids is 2. The van der Waals surface area contributed by atoms with Gasteiger partial charge in [0.05, 0.1) is 5.56 Å². The van der Waals surface area contributed by atoms with Gasteiger partial charge in [0.2, 0.25) is 0 Å². The molecule has 1 N–H and O–H groups in total. The molecule has 6 nitrogen and oxygen atoms in total. The lowest BCUT2D eigenvalue weighted by Crippen LogP contribution is -2.35. The van der Waals surface area contributed by atoms with Gasteiger partial charge in [-0.25, -0.2) is 0 Å². The van der Waals surface area contributed by atoms with Crippen molar-refractivity contribution < 1.29 is 14.3 Å². The van der Waals surface area contributed by atoms with E-state index in [0.717, 1.165) is 24.1 Å². The van der Waals surface area contributed by atoms with E-state index in [1.165, 1.54) is 0 Å². The van der Waals surface area contributed by atoms with Gasteiger partial charge in [0.1, 0.15) is 5.75 Å². The third-order valence-electron chi connectivity index (χ3n) is 4.82. The number of benzene rings is 2. The molecule has 2 amide bonds. The Kier molecular flexibility index (Phi) is 5.95. The molecule has 3 aromatic rings. The zero-order valence-corrected chi connectivity index (χ0v) is 16.9. The van der Waals surface area contributed by atoms with E-state index in [1.807, 2.05) is 12.1 Å². The summed E-state index contributed by atoms with van der Waals surface area (Å²) >= 11 is 5.84. The number of pyridine rings is 1. The number of anilines is 2. The van der Waals surface area contributed by atoms with Crippen molar-refractivity contribution in [1.29, 1.82) is 0 Å². The summed E-state index contributed by atoms with van der Waals surface area (Å²) in [4.78, 5) is 30.9. The Morgan fingerprint density at radius 2 is 1.97 bits per heavy atom. The Morgan fingerprint density at radius 3 is 2.73 bits per heavy atom. The number of amides is 2. The Hall–Kier alpha value is -3.38. The molecule has 1 aliphatic heterocycles. The third kappa shape index (κ3) is 4.60. The van der Waals surface area contributed by atoms with Crippen LogP contribution in [0, 0.1) is 0 Å². The number of nitrogens with zero attached hydrogens (tertiary/aromatic N) is 2. The van der Waals surface area contributed by atoms with Crippen molar-refractivity contribution in [3.8, 4) is 5.75 Å². The number of hydrogen-bond acceptors (Lipinski definition) is 4. The Balaban J connectivity index is 1.42. The lowest BCUT2D eigenvalue weighted by Gasteiger charge is -2.30. The summed E-state index contributed by atoms with van der Waals surface area (Å²) in [5.74, 6) is 0.241. The van der Waals surface area contributed by atoms with Crippen molar-refractivity contribution >= 4 is 34.8 Å². The standard InChI is InChI=1S/C23H20ClN3O3/c24-18-5-8-20(9-6-18)30-15-22(28)26-19-7-10-21-16(13-19)4-2-12-27(21)23(29)17-3-1-11-25-14-17/h1,3,5-11,13-14H,2,4,12,15H2,(H,26,28). The van der Waals surface area contributed by atoms with Gasteiger partial charge in [0.15, 0.2) is 6.61 Å². The smallest absolute Gasteiger partial charge is 0.262 e. The van der Waals surface area contributed by atoms with E-state index >= 15 is 0 Å². The van der Waals surface area contributed by atoms with Gasteiger partial charge < -0.3 is 15.0 Å². The van der Waals surface area contributed by atoms with Crippen LogP contribution in [0.2, 0.25) is 5.02 Å². The molecule has 0 radical (unpaired) electrons. The maximum Gasteiger partial charge on any atom is 0.262 e. The fourth-order valence-electron chi connectivity index (χ4n) is 3.41. The number of rotatable bonds is 5. The minimum Gasteiger partial charge on any atom is -0.484 e. The number of carbonyl (C=O) groups is 2. The summed E-state index contributed by atoms with van der Waals surface area (Å²) in [5.41, 5.74) is 3.12. The van der Waals surface area contributed by atoms with Gasteiger partial charge in [-0.3, -0.25) is 14.6 Å². The van der Waals surface area contributed by atoms with Gasteiger partial charge in [-0.2, -0.15) is 0 Å². The number of ether oxygens (including phenoxy) is 1. The van der Waals surface area contributed by atoms with Crippen molar-refractivity contribution in [2.75, 3.05) is 23.4 Å². The van der Waals surface area contributed by atoms with Crippen LogP contribution in [-0.2, 0) is 11.2 Å². The molecule has 0 saturated heterocycles. The number of hydrogen-bond donors (Lipinski definition) is 1. The summed E-state index contributed by atoms with van der Waals surface area (Å²) in [6.45, 7) is 0.547. The molecule has 1 aromatic heterocycles. The van der Waals surface area contributed by atoms with Crippen molar-refractivity contribution in [3.63, 3.8) is 0 Å². The molecule has 2 heterocycles. The first kappa shape index (κ1) is 19.9. The first-order valence-electron chi connectivity index (χ1n) is 9.63. The summed E-state index contributed by atoms with van der Waals surface area (Å²) in [7, 11) is 0. The molecule has 152 valence electrons. The monoisotopic (exact) mass is 421 g/mol. The van der Waals surface area contributed by atoms with Crippen molar-refractivity contribution in [3.05, 3.63) is 83.1 Å². The average Bonchev–Trinajstić information content (AvgIpc) is 2.78. The molecule has 1 aliphatic rings. The van der Waals surface area contributed by atoms with E-state index in [-0.39, 0.29) is 18.4 Å². The topological polar surface area (TPSA) is 71.5 Å². The molecule has 0 saturated carbocycles. The number of aromatic nitrogens is 1. The number of halogens is 1. The summed E-state index contributed by atoms with van der Waals surface area (Å²) in [5, 5.41) is 3.45. The average molecular weight is 422 g/mol. The molecule has 30 heavy (non-hydrogen) atoms. The predicted molar refractivity (Wildman–Crippen MR) is 116 cm³/mol. The fourth-order valence-corrected chi connectivity index (χ4v) is 3.53. The van der Waals surface area contributed by atoms with E-state index in [1.54, 1.807) is 59.8 Å². The minimum atomic E-state index is -0.260. The second kappa shape index (κ2) is 8.97. The van der Waals surface area contributed by atoms with E-state index in [9.17, 15) is 9.59 Å². The van der Waals surface area contributed by atoms with Crippen LogP contribution in [0.3, 0.4) is 0 Å². The SMILES string of the molecule is O=C(COc1ccc(Cl)cc1)Nc1ccc2c(c1)CCCN2C(=O)c1cccnc1. The van der Waals surface area contributed by atoms with E-state index in [2.05, 4.69) is 10.3 Å². The second-order valence-corrected chi connectivity index (χ2v) is 7.37. The van der Waals surface area contributed by atoms with E-state index in [0.29, 0.717) is 28.6 Å². The van der Waals surface area contributed by atoms with Crippen LogP contribution in [0.5, 0.6) is 5.75 Å². The molecule has 0 spiro atoms. The van der Waals surface area contributed by atoms with Crippen LogP contribution >= 0.6 is 11.6 Å². The Labute approximate surface area is 179 Å². The molecular weight excluding hydrogens is 402 g/mol. The molecule has 0 aliphatic carbocycles. The van der Waals surface area contributed by atoms with Gasteiger partial charge in [0.25, 0.3) is 11.8 Å². The third-order valence-corrected chi connectivity index (χ3v) is 5.07. The molecular formula is C23H20ClN3O3. The number of nitrogens with one attached hydrogen (secondary N) is 1. The molecule has 2 aromatic carbocycles.